The Labute approximate surface area is 180 Å². The molecule has 1 heterocycles. The van der Waals surface area contributed by atoms with Crippen LogP contribution in [0.1, 0.15) is 36.3 Å². The van der Waals surface area contributed by atoms with E-state index in [1.54, 1.807) is 0 Å². The van der Waals surface area contributed by atoms with E-state index in [1.165, 1.54) is 0 Å². The second-order valence-electron chi connectivity index (χ2n) is 8.38. The molecule has 162 valence electrons. The summed E-state index contributed by atoms with van der Waals surface area (Å²) in [4.78, 5) is 17.4. The van der Waals surface area contributed by atoms with Gasteiger partial charge < -0.3 is 9.80 Å². The van der Waals surface area contributed by atoms with Gasteiger partial charge in [0.15, 0.2) is 9.84 Å². The molecule has 1 unspecified atom stereocenters. The highest BCUT2D eigenvalue weighted by molar-refractivity contribution is 7.91. The van der Waals surface area contributed by atoms with E-state index in [1.807, 2.05) is 55.4 Å². The van der Waals surface area contributed by atoms with Gasteiger partial charge in [-0.15, -0.1) is 0 Å². The Balaban J connectivity index is 1.82. The Morgan fingerprint density at radius 3 is 2.00 bits per heavy atom. The molecule has 1 saturated heterocycles. The Morgan fingerprint density at radius 2 is 1.53 bits per heavy atom. The van der Waals surface area contributed by atoms with Crippen LogP contribution in [0, 0.1) is 0 Å². The molecule has 5 nitrogen and oxygen atoms in total. The van der Waals surface area contributed by atoms with E-state index in [4.69, 9.17) is 0 Å². The van der Waals surface area contributed by atoms with E-state index in [0.717, 1.165) is 24.1 Å². The minimum Gasteiger partial charge on any atom is -0.339 e. The normalized spacial score (nSPS) is 18.1. The first kappa shape index (κ1) is 22.5. The molecule has 1 aliphatic rings. The maximum Gasteiger partial charge on any atom is 0.223 e. The minimum atomic E-state index is -3.05. The van der Waals surface area contributed by atoms with Crippen LogP contribution in [0.4, 0.5) is 0 Å². The van der Waals surface area contributed by atoms with Gasteiger partial charge in [0.25, 0.3) is 0 Å². The fourth-order valence-electron chi connectivity index (χ4n) is 4.18. The topological polar surface area (TPSA) is 57.7 Å². The molecule has 1 aliphatic heterocycles. The monoisotopic (exact) mass is 428 g/mol. The molecular weight excluding hydrogens is 396 g/mol. The summed E-state index contributed by atoms with van der Waals surface area (Å²) in [6.45, 7) is 1.46. The third kappa shape index (κ3) is 6.16. The number of nitrogens with zero attached hydrogens (tertiary/aromatic N) is 2. The summed E-state index contributed by atoms with van der Waals surface area (Å²) in [5.41, 5.74) is 2.20. The predicted octanol–water partition coefficient (Wildman–Crippen LogP) is 3.18. The molecule has 2 aromatic carbocycles. The van der Waals surface area contributed by atoms with E-state index in [-0.39, 0.29) is 29.4 Å². The van der Waals surface area contributed by atoms with Gasteiger partial charge in [-0.1, -0.05) is 60.7 Å². The van der Waals surface area contributed by atoms with Crippen LogP contribution in [0.2, 0.25) is 0 Å². The summed E-state index contributed by atoms with van der Waals surface area (Å²) >= 11 is 0. The molecule has 0 aromatic heterocycles. The van der Waals surface area contributed by atoms with Crippen LogP contribution in [-0.4, -0.2) is 68.9 Å². The molecule has 2 aromatic rings. The van der Waals surface area contributed by atoms with Crippen molar-refractivity contribution in [3.8, 4) is 0 Å². The van der Waals surface area contributed by atoms with Crippen LogP contribution >= 0.6 is 0 Å². The van der Waals surface area contributed by atoms with Crippen LogP contribution < -0.4 is 0 Å². The molecule has 0 aliphatic carbocycles. The lowest BCUT2D eigenvalue weighted by molar-refractivity contribution is -0.133. The van der Waals surface area contributed by atoms with Crippen molar-refractivity contribution in [1.29, 1.82) is 0 Å². The van der Waals surface area contributed by atoms with Gasteiger partial charge in [0.2, 0.25) is 5.91 Å². The maximum atomic E-state index is 13.5. The average molecular weight is 429 g/mol. The largest absolute Gasteiger partial charge is 0.339 e. The van der Waals surface area contributed by atoms with Crippen molar-refractivity contribution in [1.82, 2.24) is 9.80 Å². The summed E-state index contributed by atoms with van der Waals surface area (Å²) in [5, 5.41) is 0. The summed E-state index contributed by atoms with van der Waals surface area (Å²) in [5.74, 6) is 0.251. The molecule has 0 bridgehead atoms. The molecule has 0 spiro atoms. The Morgan fingerprint density at radius 1 is 0.967 bits per heavy atom. The lowest BCUT2D eigenvalue weighted by Gasteiger charge is -2.31. The molecule has 30 heavy (non-hydrogen) atoms. The third-order valence-electron chi connectivity index (χ3n) is 5.76. The molecule has 1 fully saturated rings. The van der Waals surface area contributed by atoms with E-state index >= 15 is 0 Å². The van der Waals surface area contributed by atoms with Crippen molar-refractivity contribution in [2.75, 3.05) is 38.7 Å². The van der Waals surface area contributed by atoms with Crippen LogP contribution in [0.3, 0.4) is 0 Å². The summed E-state index contributed by atoms with van der Waals surface area (Å²) in [6, 6.07) is 19.9. The predicted molar refractivity (Wildman–Crippen MR) is 121 cm³/mol. The van der Waals surface area contributed by atoms with Crippen molar-refractivity contribution >= 4 is 15.7 Å². The number of rotatable bonds is 9. The zero-order valence-corrected chi connectivity index (χ0v) is 18.7. The van der Waals surface area contributed by atoms with Gasteiger partial charge in [0.1, 0.15) is 0 Å². The fraction of sp³-hybridized carbons (Fsp3) is 0.458. The fourth-order valence-corrected chi connectivity index (χ4v) is 5.91. The zero-order chi connectivity index (χ0) is 21.6. The molecule has 0 saturated carbocycles. The Hall–Kier alpha value is -2.18. The number of sulfone groups is 1. The Bertz CT molecular complexity index is 874. The second kappa shape index (κ2) is 10.2. The van der Waals surface area contributed by atoms with Crippen molar-refractivity contribution in [2.24, 2.45) is 0 Å². The van der Waals surface area contributed by atoms with Crippen molar-refractivity contribution in [3.05, 3.63) is 71.8 Å². The van der Waals surface area contributed by atoms with Gasteiger partial charge in [0, 0.05) is 24.9 Å². The third-order valence-corrected chi connectivity index (χ3v) is 7.51. The molecule has 1 atom stereocenters. The lowest BCUT2D eigenvalue weighted by atomic mass is 9.88. The summed E-state index contributed by atoms with van der Waals surface area (Å²) in [6.07, 6.45) is 1.71. The molecule has 0 radical (unpaired) electrons. The number of hydrogen-bond acceptors (Lipinski definition) is 4. The summed E-state index contributed by atoms with van der Waals surface area (Å²) in [7, 11) is 0.961. The van der Waals surface area contributed by atoms with Gasteiger partial charge in [-0.3, -0.25) is 4.79 Å². The van der Waals surface area contributed by atoms with Gasteiger partial charge in [-0.25, -0.2) is 8.42 Å². The van der Waals surface area contributed by atoms with Crippen LogP contribution in [0.15, 0.2) is 60.7 Å². The van der Waals surface area contributed by atoms with Gasteiger partial charge in [-0.05, 0) is 44.6 Å². The average Bonchev–Trinajstić information content (AvgIpc) is 3.09. The number of carbonyl (C=O) groups excluding carboxylic acids is 1. The highest BCUT2D eigenvalue weighted by atomic mass is 32.2. The van der Waals surface area contributed by atoms with Crippen molar-refractivity contribution in [3.63, 3.8) is 0 Å². The van der Waals surface area contributed by atoms with E-state index < -0.39 is 9.84 Å². The van der Waals surface area contributed by atoms with E-state index in [9.17, 15) is 13.2 Å². The second-order valence-corrected chi connectivity index (χ2v) is 10.6. The number of benzene rings is 2. The zero-order valence-electron chi connectivity index (χ0n) is 17.9. The van der Waals surface area contributed by atoms with E-state index in [2.05, 4.69) is 29.2 Å². The molecule has 3 rings (SSSR count). The Kier molecular flexibility index (Phi) is 7.67. The maximum absolute atomic E-state index is 13.5. The minimum absolute atomic E-state index is 0.0357. The number of amides is 1. The van der Waals surface area contributed by atoms with E-state index in [0.29, 0.717) is 19.4 Å². The first-order valence-electron chi connectivity index (χ1n) is 10.6. The van der Waals surface area contributed by atoms with Gasteiger partial charge in [0.05, 0.1) is 11.5 Å². The number of carbonyl (C=O) groups is 1. The standard InChI is InChI=1S/C24H32N2O3S/c1-25(2)15-9-16-26(22-14-17-30(28,29)19-22)24(27)18-23(20-10-5-3-6-11-20)21-12-7-4-8-13-21/h3-8,10-13,22-23H,9,14-19H2,1-2H3. The molecular formula is C24H32N2O3S. The van der Waals surface area contributed by atoms with Gasteiger partial charge in [-0.2, -0.15) is 0 Å². The SMILES string of the molecule is CN(C)CCCN(C(=O)CC(c1ccccc1)c1ccccc1)C1CCS(=O)(=O)C1. The molecule has 0 N–H and O–H groups in total. The quantitative estimate of drug-likeness (QED) is 0.616. The summed E-state index contributed by atoms with van der Waals surface area (Å²) < 4.78 is 24.1. The lowest BCUT2D eigenvalue weighted by Crippen LogP contribution is -2.43. The molecule has 1 amide bonds. The highest BCUT2D eigenvalue weighted by Crippen LogP contribution is 2.30. The smallest absolute Gasteiger partial charge is 0.223 e. The molecule has 6 heteroatoms. The van der Waals surface area contributed by atoms with Crippen molar-refractivity contribution in [2.45, 2.75) is 31.2 Å². The first-order valence-corrected chi connectivity index (χ1v) is 12.4. The highest BCUT2D eigenvalue weighted by Gasteiger charge is 2.35. The van der Waals surface area contributed by atoms with Crippen LogP contribution in [0.5, 0.6) is 0 Å². The van der Waals surface area contributed by atoms with Gasteiger partial charge >= 0.3 is 0 Å². The first-order chi connectivity index (χ1) is 14.4. The van der Waals surface area contributed by atoms with Crippen molar-refractivity contribution < 1.29 is 13.2 Å². The van der Waals surface area contributed by atoms with Crippen LogP contribution in [0.25, 0.3) is 0 Å². The van der Waals surface area contributed by atoms with Crippen LogP contribution in [-0.2, 0) is 14.6 Å². The number of hydrogen-bond donors (Lipinski definition) is 0.